The number of fused-ring (bicyclic) bond motifs is 1. The van der Waals surface area contributed by atoms with Gasteiger partial charge in [0.1, 0.15) is 11.4 Å². The van der Waals surface area contributed by atoms with Crippen LogP contribution >= 0.6 is 23.4 Å². The van der Waals surface area contributed by atoms with Gasteiger partial charge >= 0.3 is 0 Å². The summed E-state index contributed by atoms with van der Waals surface area (Å²) in [5.74, 6) is 0.174. The molecule has 0 unspecified atom stereocenters. The summed E-state index contributed by atoms with van der Waals surface area (Å²) in [4.78, 5) is 20.6. The van der Waals surface area contributed by atoms with E-state index < -0.39 is 0 Å². The molecule has 1 fully saturated rings. The molecule has 1 amide bonds. The third-order valence-corrected chi connectivity index (χ3v) is 5.36. The zero-order valence-electron chi connectivity index (χ0n) is 14.3. The molecule has 1 aromatic carbocycles. The Labute approximate surface area is 164 Å². The molecule has 0 aliphatic carbocycles. The molecular formula is C17H17ClN6O2S. The maximum Gasteiger partial charge on any atom is 0.230 e. The topological polar surface area (TPSA) is 94.8 Å². The van der Waals surface area contributed by atoms with Crippen LogP contribution in [0.15, 0.2) is 35.6 Å². The van der Waals surface area contributed by atoms with Gasteiger partial charge in [0, 0.05) is 18.2 Å². The maximum absolute atomic E-state index is 12.1. The van der Waals surface area contributed by atoms with Crippen LogP contribution in [0, 0.1) is 0 Å². The van der Waals surface area contributed by atoms with Crippen LogP contribution < -0.4 is 5.32 Å². The molecule has 0 spiro atoms. The van der Waals surface area contributed by atoms with Crippen molar-refractivity contribution in [1.82, 2.24) is 30.3 Å². The fourth-order valence-electron chi connectivity index (χ4n) is 2.83. The van der Waals surface area contributed by atoms with Gasteiger partial charge in [0.15, 0.2) is 11.2 Å². The fraction of sp³-hybridized carbons (Fsp3) is 0.353. The molecule has 3 heterocycles. The van der Waals surface area contributed by atoms with Crippen molar-refractivity contribution >= 4 is 40.4 Å². The van der Waals surface area contributed by atoms with Crippen LogP contribution in [0.5, 0.6) is 0 Å². The Balaban J connectivity index is 1.45. The summed E-state index contributed by atoms with van der Waals surface area (Å²) in [6.45, 7) is 1.32. The number of carbonyl (C=O) groups is 1. The summed E-state index contributed by atoms with van der Waals surface area (Å²) in [5, 5.41) is 12.4. The van der Waals surface area contributed by atoms with Gasteiger partial charge < -0.3 is 10.1 Å². The summed E-state index contributed by atoms with van der Waals surface area (Å²) < 4.78 is 7.11. The summed E-state index contributed by atoms with van der Waals surface area (Å²) >= 11 is 7.36. The molecule has 1 saturated heterocycles. The molecule has 0 saturated carbocycles. The number of nitrogens with one attached hydrogen (secondary N) is 1. The number of thioether (sulfide) groups is 1. The highest BCUT2D eigenvalue weighted by Crippen LogP contribution is 2.24. The minimum Gasteiger partial charge on any atom is -0.376 e. The smallest absolute Gasteiger partial charge is 0.230 e. The molecular weight excluding hydrogens is 388 g/mol. The molecule has 8 nitrogen and oxygen atoms in total. The van der Waals surface area contributed by atoms with Crippen molar-refractivity contribution in [3.63, 3.8) is 0 Å². The molecule has 2 aromatic heterocycles. The molecule has 0 bridgehead atoms. The molecule has 10 heteroatoms. The van der Waals surface area contributed by atoms with E-state index in [4.69, 9.17) is 16.3 Å². The third kappa shape index (κ3) is 4.20. The van der Waals surface area contributed by atoms with Gasteiger partial charge in [-0.15, -0.1) is 5.10 Å². The van der Waals surface area contributed by atoms with E-state index in [-0.39, 0.29) is 17.8 Å². The number of benzene rings is 1. The van der Waals surface area contributed by atoms with Crippen molar-refractivity contribution in [2.45, 2.75) is 24.0 Å². The number of halogens is 1. The normalized spacial score (nSPS) is 16.7. The largest absolute Gasteiger partial charge is 0.376 e. The first-order valence-corrected chi connectivity index (χ1v) is 9.90. The molecule has 3 aromatic rings. The zero-order valence-corrected chi connectivity index (χ0v) is 15.9. The summed E-state index contributed by atoms with van der Waals surface area (Å²) in [5.41, 5.74) is 1.87. The molecule has 1 aliphatic rings. The first-order valence-electron chi connectivity index (χ1n) is 8.54. The van der Waals surface area contributed by atoms with Crippen LogP contribution in [0.1, 0.15) is 12.8 Å². The first kappa shape index (κ1) is 18.1. The van der Waals surface area contributed by atoms with E-state index in [9.17, 15) is 4.79 Å². The van der Waals surface area contributed by atoms with Crippen LogP contribution in [-0.2, 0) is 9.53 Å². The fourth-order valence-corrected chi connectivity index (χ4v) is 3.78. The number of ether oxygens (including phenoxy) is 1. The summed E-state index contributed by atoms with van der Waals surface area (Å²) in [6, 6.07) is 7.27. The van der Waals surface area contributed by atoms with E-state index in [2.05, 4.69) is 25.6 Å². The molecule has 1 aliphatic heterocycles. The SMILES string of the molecule is O=C(CSc1ncnc2c1nnn2-c1cccc(Cl)c1)NC[C@H]1CCCO1. The Hall–Kier alpha value is -2.23. The number of amides is 1. The minimum atomic E-state index is -0.0653. The van der Waals surface area contributed by atoms with Crippen molar-refractivity contribution in [3.05, 3.63) is 35.6 Å². The second kappa shape index (κ2) is 8.20. The van der Waals surface area contributed by atoms with Crippen molar-refractivity contribution < 1.29 is 9.53 Å². The van der Waals surface area contributed by atoms with Crippen molar-refractivity contribution in [2.75, 3.05) is 18.9 Å². The first-order chi connectivity index (χ1) is 13.2. The predicted molar refractivity (Wildman–Crippen MR) is 102 cm³/mol. The van der Waals surface area contributed by atoms with Crippen LogP contribution in [-0.4, -0.2) is 55.9 Å². The van der Waals surface area contributed by atoms with Gasteiger partial charge in [-0.05, 0) is 31.0 Å². The van der Waals surface area contributed by atoms with E-state index in [1.165, 1.54) is 18.1 Å². The van der Waals surface area contributed by atoms with Crippen molar-refractivity contribution in [1.29, 1.82) is 0 Å². The van der Waals surface area contributed by atoms with Gasteiger partial charge in [0.25, 0.3) is 0 Å². The predicted octanol–water partition coefficient (Wildman–Crippen LogP) is 2.25. The lowest BCUT2D eigenvalue weighted by molar-refractivity contribution is -0.119. The standard InChI is InChI=1S/C17H17ClN6O2S/c18-11-3-1-4-12(7-11)24-16-15(22-23-24)17(21-10-20-16)27-9-14(25)19-8-13-5-2-6-26-13/h1,3-4,7,10,13H,2,5-6,8-9H2,(H,19,25)/t13-/m1/s1. The Bertz CT molecular complexity index is 960. The number of carbonyl (C=O) groups excluding carboxylic acids is 1. The Morgan fingerprint density at radius 1 is 1.41 bits per heavy atom. The number of nitrogens with zero attached hydrogens (tertiary/aromatic N) is 5. The van der Waals surface area contributed by atoms with Crippen molar-refractivity contribution in [2.24, 2.45) is 0 Å². The van der Waals surface area contributed by atoms with E-state index in [1.54, 1.807) is 16.8 Å². The minimum absolute atomic E-state index is 0.0653. The average molecular weight is 405 g/mol. The highest BCUT2D eigenvalue weighted by atomic mass is 35.5. The molecule has 27 heavy (non-hydrogen) atoms. The molecule has 1 atom stereocenters. The van der Waals surface area contributed by atoms with E-state index in [0.717, 1.165) is 25.1 Å². The maximum atomic E-state index is 12.1. The second-order valence-corrected chi connectivity index (χ2v) is 7.46. The Morgan fingerprint density at radius 2 is 2.33 bits per heavy atom. The van der Waals surface area contributed by atoms with E-state index >= 15 is 0 Å². The monoisotopic (exact) mass is 404 g/mol. The average Bonchev–Trinajstić information content (AvgIpc) is 3.34. The number of aromatic nitrogens is 5. The van der Waals surface area contributed by atoms with Crippen molar-refractivity contribution in [3.8, 4) is 5.69 Å². The van der Waals surface area contributed by atoms with Gasteiger partial charge in [-0.2, -0.15) is 4.68 Å². The molecule has 1 N–H and O–H groups in total. The quantitative estimate of drug-likeness (QED) is 0.497. The third-order valence-electron chi connectivity index (χ3n) is 4.15. The highest BCUT2D eigenvalue weighted by molar-refractivity contribution is 8.00. The lowest BCUT2D eigenvalue weighted by Crippen LogP contribution is -2.32. The van der Waals surface area contributed by atoms with Gasteiger partial charge in [-0.25, -0.2) is 9.97 Å². The Kier molecular flexibility index (Phi) is 5.51. The van der Waals surface area contributed by atoms with Crippen LogP contribution in [0.25, 0.3) is 16.9 Å². The van der Waals surface area contributed by atoms with Gasteiger partial charge in [-0.3, -0.25) is 4.79 Å². The molecule has 0 radical (unpaired) electrons. The van der Waals surface area contributed by atoms with E-state index in [1.807, 2.05) is 12.1 Å². The van der Waals surface area contributed by atoms with Crippen LogP contribution in [0.2, 0.25) is 5.02 Å². The number of hydrogen-bond donors (Lipinski definition) is 1. The number of hydrogen-bond acceptors (Lipinski definition) is 7. The van der Waals surface area contributed by atoms with Crippen LogP contribution in [0.4, 0.5) is 0 Å². The summed E-state index contributed by atoms with van der Waals surface area (Å²) in [6.07, 6.45) is 3.62. The molecule has 4 rings (SSSR count). The van der Waals surface area contributed by atoms with Gasteiger partial charge in [0.05, 0.1) is 17.5 Å². The summed E-state index contributed by atoms with van der Waals surface area (Å²) in [7, 11) is 0. The van der Waals surface area contributed by atoms with Crippen LogP contribution in [0.3, 0.4) is 0 Å². The van der Waals surface area contributed by atoms with E-state index in [0.29, 0.717) is 27.8 Å². The van der Waals surface area contributed by atoms with Gasteiger partial charge in [-0.1, -0.05) is 34.6 Å². The lowest BCUT2D eigenvalue weighted by Gasteiger charge is -2.10. The molecule has 140 valence electrons. The Morgan fingerprint density at radius 3 is 3.15 bits per heavy atom. The highest BCUT2D eigenvalue weighted by Gasteiger charge is 2.17. The zero-order chi connectivity index (χ0) is 18.6. The van der Waals surface area contributed by atoms with Gasteiger partial charge in [0.2, 0.25) is 5.91 Å². The number of rotatable bonds is 6. The lowest BCUT2D eigenvalue weighted by atomic mass is 10.2. The second-order valence-electron chi connectivity index (χ2n) is 6.06.